The van der Waals surface area contributed by atoms with Gasteiger partial charge in [-0.1, -0.05) is 11.6 Å². The second-order valence-corrected chi connectivity index (χ2v) is 5.14. The largest absolute Gasteiger partial charge is 0.507 e. The number of anilines is 1. The number of nitrogens with two attached hydrogens (primary N) is 1. The zero-order chi connectivity index (χ0) is 14.7. The van der Waals surface area contributed by atoms with E-state index in [1.165, 1.54) is 12.1 Å². The summed E-state index contributed by atoms with van der Waals surface area (Å²) in [4.78, 5) is 12.2. The predicted molar refractivity (Wildman–Crippen MR) is 77.1 cm³/mol. The number of piperidine rings is 1. The first-order valence-electron chi connectivity index (χ1n) is 6.35. The van der Waals surface area contributed by atoms with Gasteiger partial charge in [-0.2, -0.15) is 0 Å². The second-order valence-electron chi connectivity index (χ2n) is 4.74. The number of amides is 1. The van der Waals surface area contributed by atoms with Gasteiger partial charge in [-0.25, -0.2) is 0 Å². The highest BCUT2D eigenvalue weighted by atomic mass is 35.5. The first-order chi connectivity index (χ1) is 9.52. The Morgan fingerprint density at radius 2 is 2.35 bits per heavy atom. The van der Waals surface area contributed by atoms with Gasteiger partial charge in [0.25, 0.3) is 5.91 Å². The fraction of sp³-hybridized carbons (Fsp3) is 0.462. The third kappa shape index (κ3) is 3.15. The van der Waals surface area contributed by atoms with Crippen molar-refractivity contribution in [3.63, 3.8) is 0 Å². The maximum absolute atomic E-state index is 12.2. The van der Waals surface area contributed by atoms with Crippen LogP contribution in [0.2, 0.25) is 5.02 Å². The molecule has 0 aliphatic carbocycles. The van der Waals surface area contributed by atoms with Crippen LogP contribution in [0.1, 0.15) is 16.8 Å². The molecule has 5 N–H and O–H groups in total. The second kappa shape index (κ2) is 6.30. The Bertz CT molecular complexity index is 510. The van der Waals surface area contributed by atoms with Crippen LogP contribution in [-0.2, 0) is 4.74 Å². The van der Waals surface area contributed by atoms with E-state index >= 15 is 0 Å². The molecule has 2 atom stereocenters. The number of phenols is 1. The van der Waals surface area contributed by atoms with E-state index in [9.17, 15) is 9.90 Å². The van der Waals surface area contributed by atoms with E-state index in [-0.39, 0.29) is 34.2 Å². The molecule has 1 heterocycles. The molecule has 1 aliphatic heterocycles. The SMILES string of the molecule is COC1CNCCC1NC(=O)c1cc(Cl)c(N)cc1O. The summed E-state index contributed by atoms with van der Waals surface area (Å²) >= 11 is 5.88. The number of rotatable bonds is 3. The number of nitrogen functional groups attached to an aromatic ring is 1. The third-order valence-corrected chi connectivity index (χ3v) is 3.73. The van der Waals surface area contributed by atoms with Crippen molar-refractivity contribution in [2.45, 2.75) is 18.6 Å². The summed E-state index contributed by atoms with van der Waals surface area (Å²) in [7, 11) is 1.61. The van der Waals surface area contributed by atoms with Crippen LogP contribution in [0, 0.1) is 0 Å². The number of nitrogens with one attached hydrogen (secondary N) is 2. The van der Waals surface area contributed by atoms with E-state index in [4.69, 9.17) is 22.1 Å². The number of methoxy groups -OCH3 is 1. The van der Waals surface area contributed by atoms with Crippen LogP contribution in [0.3, 0.4) is 0 Å². The minimum atomic E-state index is -0.390. The molecule has 1 aromatic rings. The molecule has 0 bridgehead atoms. The maximum atomic E-state index is 12.2. The summed E-state index contributed by atoms with van der Waals surface area (Å²) in [5, 5.41) is 16.1. The van der Waals surface area contributed by atoms with Gasteiger partial charge in [0.05, 0.1) is 28.4 Å². The lowest BCUT2D eigenvalue weighted by Gasteiger charge is -2.31. The molecule has 1 fully saturated rings. The molecule has 110 valence electrons. The Hall–Kier alpha value is -1.50. The first-order valence-corrected chi connectivity index (χ1v) is 6.73. The minimum absolute atomic E-state index is 0.0981. The Morgan fingerprint density at radius 1 is 1.60 bits per heavy atom. The summed E-state index contributed by atoms with van der Waals surface area (Å²) < 4.78 is 5.33. The lowest BCUT2D eigenvalue weighted by atomic mass is 10.0. The number of carbonyl (C=O) groups is 1. The Morgan fingerprint density at radius 3 is 3.05 bits per heavy atom. The molecule has 0 saturated carbocycles. The maximum Gasteiger partial charge on any atom is 0.255 e. The first kappa shape index (κ1) is 14.9. The molecule has 6 nitrogen and oxygen atoms in total. The Balaban J connectivity index is 2.13. The van der Waals surface area contributed by atoms with Gasteiger partial charge in [0.1, 0.15) is 5.75 Å². The lowest BCUT2D eigenvalue weighted by molar-refractivity contribution is 0.0476. The monoisotopic (exact) mass is 299 g/mol. The van der Waals surface area contributed by atoms with E-state index in [0.29, 0.717) is 6.54 Å². The summed E-state index contributed by atoms with van der Waals surface area (Å²) in [6.07, 6.45) is 0.660. The highest BCUT2D eigenvalue weighted by Crippen LogP contribution is 2.28. The number of hydrogen-bond donors (Lipinski definition) is 4. The topological polar surface area (TPSA) is 96.6 Å². The van der Waals surface area contributed by atoms with E-state index in [0.717, 1.165) is 13.0 Å². The summed E-state index contributed by atoms with van der Waals surface area (Å²) in [5.41, 5.74) is 5.91. The Kier molecular flexibility index (Phi) is 4.69. The molecule has 1 aliphatic rings. The van der Waals surface area contributed by atoms with Gasteiger partial charge in [0, 0.05) is 19.7 Å². The van der Waals surface area contributed by atoms with E-state index in [2.05, 4.69) is 10.6 Å². The van der Waals surface area contributed by atoms with Crippen LogP contribution in [0.15, 0.2) is 12.1 Å². The van der Waals surface area contributed by atoms with Gasteiger partial charge in [0.15, 0.2) is 0 Å². The van der Waals surface area contributed by atoms with Gasteiger partial charge in [-0.3, -0.25) is 4.79 Å². The lowest BCUT2D eigenvalue weighted by Crippen LogP contribution is -2.53. The standard InChI is InChI=1S/C13H18ClN3O3/c1-20-12-6-16-3-2-10(12)17-13(19)7-4-8(14)9(15)5-11(7)18/h4-5,10,12,16,18H,2-3,6,15H2,1H3,(H,17,19). The zero-order valence-corrected chi connectivity index (χ0v) is 11.9. The number of phenolic OH excluding ortho intramolecular Hbond substituents is 1. The van der Waals surface area contributed by atoms with Crippen LogP contribution in [-0.4, -0.2) is 43.4 Å². The van der Waals surface area contributed by atoms with Crippen molar-refractivity contribution < 1.29 is 14.6 Å². The summed E-state index contributed by atoms with van der Waals surface area (Å²) in [6.45, 7) is 1.48. The van der Waals surface area contributed by atoms with Crippen molar-refractivity contribution in [2.24, 2.45) is 0 Å². The van der Waals surface area contributed by atoms with Gasteiger partial charge in [0.2, 0.25) is 0 Å². The molecule has 7 heteroatoms. The highest BCUT2D eigenvalue weighted by molar-refractivity contribution is 6.33. The molecular weight excluding hydrogens is 282 g/mol. The van der Waals surface area contributed by atoms with Crippen LogP contribution >= 0.6 is 11.6 Å². The molecule has 1 aromatic carbocycles. The van der Waals surface area contributed by atoms with Gasteiger partial charge in [-0.05, 0) is 19.0 Å². The Labute approximate surface area is 122 Å². The van der Waals surface area contributed by atoms with E-state index in [1.807, 2.05) is 0 Å². The number of aromatic hydroxyl groups is 1. The van der Waals surface area contributed by atoms with Gasteiger partial charge >= 0.3 is 0 Å². The van der Waals surface area contributed by atoms with Crippen molar-refractivity contribution in [1.29, 1.82) is 0 Å². The highest BCUT2D eigenvalue weighted by Gasteiger charge is 2.27. The van der Waals surface area contributed by atoms with E-state index in [1.54, 1.807) is 7.11 Å². The van der Waals surface area contributed by atoms with Gasteiger partial charge < -0.3 is 26.2 Å². The normalized spacial score (nSPS) is 22.5. The molecule has 0 spiro atoms. The molecule has 0 aromatic heterocycles. The molecule has 2 rings (SSSR count). The number of hydrogen-bond acceptors (Lipinski definition) is 5. The van der Waals surface area contributed by atoms with Gasteiger partial charge in [-0.15, -0.1) is 0 Å². The van der Waals surface area contributed by atoms with Crippen LogP contribution in [0.5, 0.6) is 5.75 Å². The number of halogens is 1. The smallest absolute Gasteiger partial charge is 0.255 e. The van der Waals surface area contributed by atoms with Crippen LogP contribution < -0.4 is 16.4 Å². The van der Waals surface area contributed by atoms with Crippen LogP contribution in [0.25, 0.3) is 0 Å². The predicted octanol–water partition coefficient (Wildman–Crippen LogP) is 0.735. The van der Waals surface area contributed by atoms with Crippen molar-refractivity contribution in [3.8, 4) is 5.75 Å². The zero-order valence-electron chi connectivity index (χ0n) is 11.1. The van der Waals surface area contributed by atoms with Crippen molar-refractivity contribution in [1.82, 2.24) is 10.6 Å². The summed E-state index contributed by atoms with van der Waals surface area (Å²) in [5.74, 6) is -0.578. The molecule has 20 heavy (non-hydrogen) atoms. The van der Waals surface area contributed by atoms with Crippen molar-refractivity contribution in [2.75, 3.05) is 25.9 Å². The van der Waals surface area contributed by atoms with Crippen LogP contribution in [0.4, 0.5) is 5.69 Å². The fourth-order valence-electron chi connectivity index (χ4n) is 2.25. The molecule has 1 amide bonds. The number of benzene rings is 1. The quantitative estimate of drug-likeness (QED) is 0.617. The summed E-state index contributed by atoms with van der Waals surface area (Å²) in [6, 6.07) is 2.53. The fourth-order valence-corrected chi connectivity index (χ4v) is 2.41. The third-order valence-electron chi connectivity index (χ3n) is 3.41. The molecular formula is C13H18ClN3O3. The minimum Gasteiger partial charge on any atom is -0.507 e. The molecule has 2 unspecified atom stereocenters. The number of carbonyl (C=O) groups excluding carboxylic acids is 1. The molecule has 0 radical (unpaired) electrons. The number of ether oxygens (including phenoxy) is 1. The van der Waals surface area contributed by atoms with Crippen molar-refractivity contribution in [3.05, 3.63) is 22.7 Å². The molecule has 1 saturated heterocycles. The average Bonchev–Trinajstić information content (AvgIpc) is 2.43. The van der Waals surface area contributed by atoms with E-state index < -0.39 is 5.91 Å². The average molecular weight is 300 g/mol. The van der Waals surface area contributed by atoms with Crippen molar-refractivity contribution >= 4 is 23.2 Å².